The van der Waals surface area contributed by atoms with E-state index in [4.69, 9.17) is 11.6 Å². The highest BCUT2D eigenvalue weighted by Crippen LogP contribution is 2.22. The van der Waals surface area contributed by atoms with Crippen molar-refractivity contribution in [2.24, 2.45) is 0 Å². The Morgan fingerprint density at radius 1 is 1.50 bits per heavy atom. The van der Waals surface area contributed by atoms with Crippen LogP contribution < -0.4 is 10.0 Å². The largest absolute Gasteiger partial charge is 0.313 e. The van der Waals surface area contributed by atoms with E-state index in [2.05, 4.69) is 10.0 Å². The lowest BCUT2D eigenvalue weighted by Gasteiger charge is -2.13. The molecule has 0 aromatic heterocycles. The standard InChI is InChI=1S/C12H17ClN2O2S/c1-9-11(13)5-2-6-12(9)18(16,17)15-8-10-4-3-7-14-10/h2,5-6,10,14-15H,3-4,7-8H2,1H3/t10-/m1/s1. The van der Waals surface area contributed by atoms with Gasteiger partial charge in [0, 0.05) is 17.6 Å². The topological polar surface area (TPSA) is 58.2 Å². The van der Waals surface area contributed by atoms with Gasteiger partial charge in [-0.3, -0.25) is 0 Å². The molecular formula is C12H17ClN2O2S. The van der Waals surface area contributed by atoms with Crippen LogP contribution in [0.2, 0.25) is 5.02 Å². The molecule has 1 aliphatic heterocycles. The van der Waals surface area contributed by atoms with E-state index >= 15 is 0 Å². The summed E-state index contributed by atoms with van der Waals surface area (Å²) >= 11 is 5.94. The maximum absolute atomic E-state index is 12.2. The van der Waals surface area contributed by atoms with Crippen LogP contribution in [0, 0.1) is 6.92 Å². The van der Waals surface area contributed by atoms with Crippen LogP contribution in [0.4, 0.5) is 0 Å². The van der Waals surface area contributed by atoms with Crippen LogP contribution in [0.3, 0.4) is 0 Å². The smallest absolute Gasteiger partial charge is 0.240 e. The van der Waals surface area contributed by atoms with Gasteiger partial charge in [-0.25, -0.2) is 13.1 Å². The molecule has 1 atom stereocenters. The number of rotatable bonds is 4. The molecule has 0 radical (unpaired) electrons. The number of benzene rings is 1. The molecule has 2 N–H and O–H groups in total. The minimum atomic E-state index is -3.48. The minimum absolute atomic E-state index is 0.235. The maximum Gasteiger partial charge on any atom is 0.240 e. The van der Waals surface area contributed by atoms with Crippen molar-refractivity contribution in [1.82, 2.24) is 10.0 Å². The van der Waals surface area contributed by atoms with Gasteiger partial charge in [-0.2, -0.15) is 0 Å². The molecule has 2 rings (SSSR count). The van der Waals surface area contributed by atoms with Crippen molar-refractivity contribution in [2.45, 2.75) is 30.7 Å². The van der Waals surface area contributed by atoms with Gasteiger partial charge < -0.3 is 5.32 Å². The summed E-state index contributed by atoms with van der Waals surface area (Å²) in [6, 6.07) is 5.15. The zero-order chi connectivity index (χ0) is 13.2. The van der Waals surface area contributed by atoms with E-state index in [0.717, 1.165) is 19.4 Å². The first kappa shape index (κ1) is 13.8. The highest BCUT2D eigenvalue weighted by Gasteiger charge is 2.21. The molecule has 0 amide bonds. The van der Waals surface area contributed by atoms with Crippen LogP contribution in [0.15, 0.2) is 23.1 Å². The minimum Gasteiger partial charge on any atom is -0.313 e. The Balaban J connectivity index is 2.12. The molecule has 1 heterocycles. The summed E-state index contributed by atoms with van der Waals surface area (Å²) in [5.41, 5.74) is 0.589. The number of halogens is 1. The number of sulfonamides is 1. The average Bonchev–Trinajstić information content (AvgIpc) is 2.83. The third kappa shape index (κ3) is 3.03. The summed E-state index contributed by atoms with van der Waals surface area (Å²) in [4.78, 5) is 0.257. The Bertz CT molecular complexity index is 525. The first-order valence-electron chi connectivity index (χ1n) is 5.99. The molecule has 6 heteroatoms. The molecule has 1 aromatic carbocycles. The fourth-order valence-electron chi connectivity index (χ4n) is 2.10. The van der Waals surface area contributed by atoms with Crippen LogP contribution >= 0.6 is 11.6 Å². The highest BCUT2D eigenvalue weighted by atomic mass is 35.5. The molecule has 1 saturated heterocycles. The fourth-order valence-corrected chi connectivity index (χ4v) is 3.68. The fraction of sp³-hybridized carbons (Fsp3) is 0.500. The van der Waals surface area contributed by atoms with Crippen molar-refractivity contribution in [3.8, 4) is 0 Å². The lowest BCUT2D eigenvalue weighted by Crippen LogP contribution is -2.37. The Morgan fingerprint density at radius 3 is 2.94 bits per heavy atom. The predicted octanol–water partition coefficient (Wildman–Crippen LogP) is 1.68. The molecule has 4 nitrogen and oxygen atoms in total. The van der Waals surface area contributed by atoms with E-state index in [1.54, 1.807) is 25.1 Å². The van der Waals surface area contributed by atoms with Gasteiger partial charge >= 0.3 is 0 Å². The molecule has 100 valence electrons. The molecule has 0 bridgehead atoms. The summed E-state index contributed by atoms with van der Waals surface area (Å²) < 4.78 is 27.0. The van der Waals surface area contributed by atoms with E-state index in [1.165, 1.54) is 0 Å². The second-order valence-electron chi connectivity index (χ2n) is 4.51. The Labute approximate surface area is 113 Å². The third-order valence-electron chi connectivity index (χ3n) is 3.19. The monoisotopic (exact) mass is 288 g/mol. The summed E-state index contributed by atoms with van der Waals surface area (Å²) in [6.45, 7) is 3.10. The van der Waals surface area contributed by atoms with E-state index in [1.807, 2.05) is 0 Å². The second kappa shape index (κ2) is 5.57. The number of hydrogen-bond acceptors (Lipinski definition) is 3. The molecular weight excluding hydrogens is 272 g/mol. The van der Waals surface area contributed by atoms with Gasteiger partial charge in [0.05, 0.1) is 4.90 Å². The molecule has 0 saturated carbocycles. The molecule has 1 fully saturated rings. The number of hydrogen-bond donors (Lipinski definition) is 2. The van der Waals surface area contributed by atoms with Crippen molar-refractivity contribution < 1.29 is 8.42 Å². The van der Waals surface area contributed by atoms with Crippen molar-refractivity contribution in [3.63, 3.8) is 0 Å². The summed E-state index contributed by atoms with van der Waals surface area (Å²) in [6.07, 6.45) is 2.11. The van der Waals surface area contributed by atoms with Crippen LogP contribution in [0.5, 0.6) is 0 Å². The van der Waals surface area contributed by atoms with E-state index in [9.17, 15) is 8.42 Å². The second-order valence-corrected chi connectivity index (χ2v) is 6.65. The summed E-state index contributed by atoms with van der Waals surface area (Å²) in [7, 11) is -3.48. The van der Waals surface area contributed by atoms with Crippen molar-refractivity contribution in [1.29, 1.82) is 0 Å². The van der Waals surface area contributed by atoms with Gasteiger partial charge in [0.1, 0.15) is 0 Å². The van der Waals surface area contributed by atoms with Crippen LogP contribution in [-0.2, 0) is 10.0 Å². The van der Waals surface area contributed by atoms with Crippen LogP contribution in [0.25, 0.3) is 0 Å². The van der Waals surface area contributed by atoms with Gasteiger partial charge in [0.2, 0.25) is 10.0 Å². The zero-order valence-corrected chi connectivity index (χ0v) is 11.8. The quantitative estimate of drug-likeness (QED) is 0.886. The average molecular weight is 289 g/mol. The maximum atomic E-state index is 12.2. The third-order valence-corrected chi connectivity index (χ3v) is 5.17. The first-order valence-corrected chi connectivity index (χ1v) is 7.85. The summed E-state index contributed by atoms with van der Waals surface area (Å²) in [5.74, 6) is 0. The van der Waals surface area contributed by atoms with Gasteiger partial charge in [0.25, 0.3) is 0 Å². The summed E-state index contributed by atoms with van der Waals surface area (Å²) in [5, 5.41) is 3.72. The Hall–Kier alpha value is -0.620. The van der Waals surface area contributed by atoms with E-state index in [0.29, 0.717) is 17.1 Å². The molecule has 0 aliphatic carbocycles. The van der Waals surface area contributed by atoms with Crippen molar-refractivity contribution >= 4 is 21.6 Å². The van der Waals surface area contributed by atoms with Crippen molar-refractivity contribution in [2.75, 3.05) is 13.1 Å². The molecule has 0 unspecified atom stereocenters. The normalized spacial score (nSPS) is 20.2. The van der Waals surface area contributed by atoms with Gasteiger partial charge in [-0.05, 0) is 44.0 Å². The van der Waals surface area contributed by atoms with Crippen molar-refractivity contribution in [3.05, 3.63) is 28.8 Å². The molecule has 1 aliphatic rings. The van der Waals surface area contributed by atoms with Gasteiger partial charge in [0.15, 0.2) is 0 Å². The molecule has 18 heavy (non-hydrogen) atoms. The number of nitrogens with one attached hydrogen (secondary N) is 2. The van der Waals surface area contributed by atoms with E-state index < -0.39 is 10.0 Å². The lowest BCUT2D eigenvalue weighted by molar-refractivity contribution is 0.551. The molecule has 1 aromatic rings. The Morgan fingerprint density at radius 2 is 2.28 bits per heavy atom. The lowest BCUT2D eigenvalue weighted by atomic mass is 10.2. The van der Waals surface area contributed by atoms with Gasteiger partial charge in [-0.15, -0.1) is 0 Å². The van der Waals surface area contributed by atoms with Crippen LogP contribution in [0.1, 0.15) is 18.4 Å². The zero-order valence-electron chi connectivity index (χ0n) is 10.2. The predicted molar refractivity (Wildman–Crippen MR) is 72.4 cm³/mol. The van der Waals surface area contributed by atoms with Crippen LogP contribution in [-0.4, -0.2) is 27.5 Å². The highest BCUT2D eigenvalue weighted by molar-refractivity contribution is 7.89. The first-order chi connectivity index (χ1) is 8.50. The SMILES string of the molecule is Cc1c(Cl)cccc1S(=O)(=O)NC[C@H]1CCCN1. The molecule has 0 spiro atoms. The van der Waals surface area contributed by atoms with E-state index in [-0.39, 0.29) is 10.9 Å². The Kier molecular flexibility index (Phi) is 4.27. The van der Waals surface area contributed by atoms with Gasteiger partial charge in [-0.1, -0.05) is 17.7 Å².